The minimum absolute atomic E-state index is 0.0236. The van der Waals surface area contributed by atoms with Crippen LogP contribution in [0.5, 0.6) is 5.75 Å². The summed E-state index contributed by atoms with van der Waals surface area (Å²) in [6.07, 6.45) is 0.861. The molecule has 0 saturated heterocycles. The quantitative estimate of drug-likeness (QED) is 0.321. The van der Waals surface area contributed by atoms with Crippen LogP contribution in [0.2, 0.25) is 0 Å². The summed E-state index contributed by atoms with van der Waals surface area (Å²) in [6, 6.07) is 23.0. The maximum absolute atomic E-state index is 13.1. The fraction of sp³-hybridized carbons (Fsp3) is 0.241. The van der Waals surface area contributed by atoms with E-state index in [9.17, 15) is 9.59 Å². The van der Waals surface area contributed by atoms with E-state index in [-0.39, 0.29) is 24.1 Å². The third kappa shape index (κ3) is 5.57. The molecule has 1 N–H and O–H groups in total. The summed E-state index contributed by atoms with van der Waals surface area (Å²) in [5.41, 5.74) is 4.59. The number of amides is 2. The van der Waals surface area contributed by atoms with Gasteiger partial charge in [-0.15, -0.1) is 10.2 Å². The zero-order valence-electron chi connectivity index (χ0n) is 21.4. The molecule has 0 saturated carbocycles. The number of hydrogen-bond acceptors (Lipinski definition) is 6. The summed E-state index contributed by atoms with van der Waals surface area (Å²) in [5, 5.41) is 12.3. The first-order valence-electron chi connectivity index (χ1n) is 12.6. The molecule has 0 radical (unpaired) electrons. The van der Waals surface area contributed by atoms with E-state index in [1.807, 2.05) is 84.0 Å². The molecule has 4 aromatic rings. The zero-order valence-corrected chi connectivity index (χ0v) is 22.2. The monoisotopic (exact) mass is 527 g/mol. The highest BCUT2D eigenvalue weighted by molar-refractivity contribution is 7.99. The van der Waals surface area contributed by atoms with Gasteiger partial charge in [0.25, 0.3) is 5.91 Å². The fourth-order valence-corrected chi connectivity index (χ4v) is 5.32. The van der Waals surface area contributed by atoms with Crippen LogP contribution in [0, 0.1) is 6.92 Å². The Morgan fingerprint density at radius 3 is 2.63 bits per heavy atom. The molecule has 38 heavy (non-hydrogen) atoms. The average Bonchev–Trinajstić information content (AvgIpc) is 3.55. The van der Waals surface area contributed by atoms with Crippen LogP contribution in [0.25, 0.3) is 5.69 Å². The smallest absolute Gasteiger partial charge is 0.251 e. The number of nitrogens with one attached hydrogen (secondary N) is 1. The molecule has 5 rings (SSSR count). The number of aromatic nitrogens is 3. The average molecular weight is 528 g/mol. The molecule has 194 valence electrons. The maximum atomic E-state index is 13.1. The molecule has 1 aliphatic heterocycles. The number of nitrogens with zero attached hydrogens (tertiary/aromatic N) is 4. The van der Waals surface area contributed by atoms with Gasteiger partial charge in [-0.3, -0.25) is 14.2 Å². The standard InChI is InChI=1S/C29H29N5O3S/c1-3-37-24-13-11-23(12-14-24)34-26(18-30-28(36)22-9-6-7-20(2)17-22)31-32-29(34)38-19-27(35)33-16-15-21-8-4-5-10-25(21)33/h4-14,17H,3,15-16,18-19H2,1-2H3,(H,30,36). The Morgan fingerprint density at radius 1 is 1.03 bits per heavy atom. The number of ether oxygens (including phenoxy) is 1. The van der Waals surface area contributed by atoms with Gasteiger partial charge in [0.2, 0.25) is 5.91 Å². The Morgan fingerprint density at radius 2 is 1.84 bits per heavy atom. The molecule has 2 heterocycles. The summed E-state index contributed by atoms with van der Waals surface area (Å²) in [5.74, 6) is 1.38. The van der Waals surface area contributed by atoms with Gasteiger partial charge in [-0.1, -0.05) is 47.7 Å². The van der Waals surface area contributed by atoms with Crippen molar-refractivity contribution in [2.45, 2.75) is 32.0 Å². The van der Waals surface area contributed by atoms with Crippen LogP contribution in [-0.4, -0.2) is 45.5 Å². The molecule has 0 bridgehead atoms. The normalized spacial score (nSPS) is 12.3. The van der Waals surface area contributed by atoms with Crippen molar-refractivity contribution >= 4 is 29.3 Å². The van der Waals surface area contributed by atoms with E-state index >= 15 is 0 Å². The lowest BCUT2D eigenvalue weighted by Crippen LogP contribution is -2.30. The topological polar surface area (TPSA) is 89.3 Å². The number of thioether (sulfide) groups is 1. The number of benzene rings is 3. The lowest BCUT2D eigenvalue weighted by Gasteiger charge is -2.17. The first-order valence-corrected chi connectivity index (χ1v) is 13.6. The molecule has 0 fully saturated rings. The van der Waals surface area contributed by atoms with Gasteiger partial charge >= 0.3 is 0 Å². The van der Waals surface area contributed by atoms with E-state index in [4.69, 9.17) is 4.74 Å². The Hall–Kier alpha value is -4.11. The summed E-state index contributed by atoms with van der Waals surface area (Å²) in [7, 11) is 0. The van der Waals surface area contributed by atoms with Gasteiger partial charge in [0.05, 0.1) is 18.9 Å². The van der Waals surface area contributed by atoms with Crippen molar-refractivity contribution in [2.24, 2.45) is 0 Å². The second-order valence-corrected chi connectivity index (χ2v) is 9.87. The van der Waals surface area contributed by atoms with Crippen molar-refractivity contribution in [1.29, 1.82) is 0 Å². The third-order valence-electron chi connectivity index (χ3n) is 6.31. The summed E-state index contributed by atoms with van der Waals surface area (Å²) >= 11 is 1.33. The highest BCUT2D eigenvalue weighted by Crippen LogP contribution is 2.29. The maximum Gasteiger partial charge on any atom is 0.251 e. The van der Waals surface area contributed by atoms with Gasteiger partial charge in [-0.2, -0.15) is 0 Å². The highest BCUT2D eigenvalue weighted by atomic mass is 32.2. The van der Waals surface area contributed by atoms with Gasteiger partial charge in [0.1, 0.15) is 5.75 Å². The first-order chi connectivity index (χ1) is 18.5. The Kier molecular flexibility index (Phi) is 7.74. The summed E-state index contributed by atoms with van der Waals surface area (Å²) in [6.45, 7) is 5.32. The van der Waals surface area contributed by atoms with Gasteiger partial charge in [0.15, 0.2) is 11.0 Å². The lowest BCUT2D eigenvalue weighted by atomic mass is 10.1. The van der Waals surface area contributed by atoms with Crippen LogP contribution < -0.4 is 15.0 Å². The Balaban J connectivity index is 1.35. The molecule has 1 aromatic heterocycles. The number of aryl methyl sites for hydroxylation is 1. The summed E-state index contributed by atoms with van der Waals surface area (Å²) < 4.78 is 7.47. The number of anilines is 1. The highest BCUT2D eigenvalue weighted by Gasteiger charge is 2.25. The Bertz CT molecular complexity index is 1450. The number of rotatable bonds is 9. The van der Waals surface area contributed by atoms with Crippen LogP contribution in [0.4, 0.5) is 5.69 Å². The molecule has 0 aliphatic carbocycles. The van der Waals surface area contributed by atoms with Crippen LogP contribution in [0.3, 0.4) is 0 Å². The number of fused-ring (bicyclic) bond motifs is 1. The van der Waals surface area contributed by atoms with Crippen LogP contribution in [0.15, 0.2) is 78.0 Å². The van der Waals surface area contributed by atoms with E-state index < -0.39 is 0 Å². The Labute approximate surface area is 226 Å². The van der Waals surface area contributed by atoms with Gasteiger partial charge in [-0.25, -0.2) is 0 Å². The number of carbonyl (C=O) groups excluding carboxylic acids is 2. The van der Waals surface area contributed by atoms with Crippen LogP contribution in [-0.2, 0) is 17.8 Å². The number of hydrogen-bond donors (Lipinski definition) is 1. The number of para-hydroxylation sites is 1. The molecule has 3 aromatic carbocycles. The fourth-order valence-electron chi connectivity index (χ4n) is 4.47. The number of carbonyl (C=O) groups is 2. The second kappa shape index (κ2) is 11.5. The third-order valence-corrected chi connectivity index (χ3v) is 7.22. The molecule has 1 aliphatic rings. The van der Waals surface area contributed by atoms with E-state index in [0.29, 0.717) is 29.7 Å². The lowest BCUT2D eigenvalue weighted by molar-refractivity contribution is -0.116. The molecule has 9 heteroatoms. The minimum atomic E-state index is -0.188. The van der Waals surface area contributed by atoms with E-state index in [2.05, 4.69) is 21.6 Å². The van der Waals surface area contributed by atoms with Crippen molar-refractivity contribution in [2.75, 3.05) is 23.8 Å². The molecule has 0 spiro atoms. The second-order valence-electron chi connectivity index (χ2n) is 8.93. The van der Waals surface area contributed by atoms with E-state index in [0.717, 1.165) is 29.1 Å². The molecule has 0 atom stereocenters. The van der Waals surface area contributed by atoms with Gasteiger partial charge < -0.3 is 15.0 Å². The van der Waals surface area contributed by atoms with Crippen LogP contribution >= 0.6 is 11.8 Å². The van der Waals surface area contributed by atoms with Crippen molar-refractivity contribution < 1.29 is 14.3 Å². The van der Waals surface area contributed by atoms with Gasteiger partial charge in [-0.05, 0) is 68.3 Å². The van der Waals surface area contributed by atoms with E-state index in [1.165, 1.54) is 17.3 Å². The largest absolute Gasteiger partial charge is 0.494 e. The van der Waals surface area contributed by atoms with Crippen molar-refractivity contribution in [1.82, 2.24) is 20.1 Å². The van der Waals surface area contributed by atoms with Crippen LogP contribution in [0.1, 0.15) is 34.2 Å². The SMILES string of the molecule is CCOc1ccc(-n2c(CNC(=O)c3cccc(C)c3)nnc2SCC(=O)N2CCc3ccccc32)cc1. The molecule has 8 nitrogen and oxygen atoms in total. The predicted octanol–water partition coefficient (Wildman–Crippen LogP) is 4.59. The van der Waals surface area contributed by atoms with Crippen molar-refractivity contribution in [3.05, 3.63) is 95.3 Å². The van der Waals surface area contributed by atoms with Crippen molar-refractivity contribution in [3.63, 3.8) is 0 Å². The molecular formula is C29H29N5O3S. The first kappa shape index (κ1) is 25.5. The predicted molar refractivity (Wildman–Crippen MR) is 148 cm³/mol. The minimum Gasteiger partial charge on any atom is -0.494 e. The molecule has 0 unspecified atom stereocenters. The molecule has 2 amide bonds. The zero-order chi connectivity index (χ0) is 26.5. The van der Waals surface area contributed by atoms with E-state index in [1.54, 1.807) is 6.07 Å². The summed E-state index contributed by atoms with van der Waals surface area (Å²) in [4.78, 5) is 27.7. The molecular weight excluding hydrogens is 498 g/mol. The van der Waals surface area contributed by atoms with Crippen molar-refractivity contribution in [3.8, 4) is 11.4 Å². The van der Waals surface area contributed by atoms with Gasteiger partial charge in [0, 0.05) is 23.5 Å².